The molecule has 0 radical (unpaired) electrons. The average Bonchev–Trinajstić information content (AvgIpc) is 3.02. The van der Waals surface area contributed by atoms with Crippen LogP contribution in [0.25, 0.3) is 0 Å². The third-order valence-electron chi connectivity index (χ3n) is 4.07. The van der Waals surface area contributed by atoms with Gasteiger partial charge in [0.25, 0.3) is 0 Å². The summed E-state index contributed by atoms with van der Waals surface area (Å²) in [6, 6.07) is 8.32. The fourth-order valence-electron chi connectivity index (χ4n) is 2.64. The Balaban J connectivity index is 1.41. The van der Waals surface area contributed by atoms with E-state index >= 15 is 0 Å². The zero-order chi connectivity index (χ0) is 15.2. The van der Waals surface area contributed by atoms with Crippen LogP contribution in [0.1, 0.15) is 36.0 Å². The molecule has 1 fully saturated rings. The highest BCUT2D eigenvalue weighted by Gasteiger charge is 2.26. The molecule has 1 saturated carbocycles. The van der Waals surface area contributed by atoms with E-state index in [-0.39, 0.29) is 6.10 Å². The molecule has 1 aliphatic carbocycles. The molecule has 4 nitrogen and oxygen atoms in total. The topological polar surface area (TPSA) is 60.9 Å². The van der Waals surface area contributed by atoms with Crippen molar-refractivity contribution in [2.24, 2.45) is 5.92 Å². The summed E-state index contributed by atoms with van der Waals surface area (Å²) in [6.45, 7) is 1.89. The Labute approximate surface area is 131 Å². The third kappa shape index (κ3) is 4.20. The molecule has 1 aromatic heterocycles. The lowest BCUT2D eigenvalue weighted by molar-refractivity contribution is 0.0393. The van der Waals surface area contributed by atoms with Gasteiger partial charge in [-0.2, -0.15) is 5.10 Å². The Morgan fingerprint density at radius 1 is 1.18 bits per heavy atom. The van der Waals surface area contributed by atoms with E-state index < -0.39 is 0 Å². The molecule has 3 N–H and O–H groups in total. The van der Waals surface area contributed by atoms with E-state index in [0.717, 1.165) is 43.5 Å². The van der Waals surface area contributed by atoms with E-state index in [1.54, 1.807) is 12.4 Å². The number of rotatable bonds is 5. The molecule has 0 unspecified atom stereocenters. The molecule has 3 rings (SSSR count). The first-order valence-corrected chi connectivity index (χ1v) is 7.78. The normalized spacial score (nSPS) is 20.0. The lowest BCUT2D eigenvalue weighted by Crippen LogP contribution is -2.30. The van der Waals surface area contributed by atoms with Crippen molar-refractivity contribution in [3.05, 3.63) is 53.3 Å². The van der Waals surface area contributed by atoms with Gasteiger partial charge in [-0.3, -0.25) is 5.10 Å². The fourth-order valence-corrected chi connectivity index (χ4v) is 2.64. The van der Waals surface area contributed by atoms with Gasteiger partial charge in [-0.25, -0.2) is 0 Å². The molecule has 0 bridgehead atoms. The Morgan fingerprint density at radius 3 is 2.64 bits per heavy atom. The van der Waals surface area contributed by atoms with E-state index in [2.05, 4.69) is 39.5 Å². The van der Waals surface area contributed by atoms with Crippen molar-refractivity contribution in [2.75, 3.05) is 6.54 Å². The molecule has 0 saturated heterocycles. The van der Waals surface area contributed by atoms with Crippen molar-refractivity contribution in [2.45, 2.75) is 31.9 Å². The van der Waals surface area contributed by atoms with Crippen molar-refractivity contribution < 1.29 is 5.11 Å². The summed E-state index contributed by atoms with van der Waals surface area (Å²) in [7, 11) is 0. The molecule has 1 heterocycles. The van der Waals surface area contributed by atoms with Crippen molar-refractivity contribution in [3.63, 3.8) is 0 Å². The number of nitrogens with one attached hydrogen (secondary N) is 2. The Hall–Kier alpha value is -2.09. The molecular weight excluding hydrogens is 274 g/mol. The number of H-pyrrole nitrogens is 1. The lowest BCUT2D eigenvalue weighted by Gasteiger charge is -2.31. The van der Waals surface area contributed by atoms with Crippen LogP contribution < -0.4 is 5.32 Å². The van der Waals surface area contributed by atoms with E-state index in [1.807, 2.05) is 12.1 Å². The maximum Gasteiger partial charge on any atom is 0.0644 e. The quantitative estimate of drug-likeness (QED) is 0.584. The van der Waals surface area contributed by atoms with Gasteiger partial charge in [0, 0.05) is 18.3 Å². The SMILES string of the molecule is OC1CC(CCNCc2ccc(C#Cc3cn[nH]c3)cc2)C1. The number of aromatic nitrogens is 2. The number of hydrogen-bond donors (Lipinski definition) is 3. The Bertz CT molecular complexity index is 631. The molecule has 1 aliphatic rings. The third-order valence-corrected chi connectivity index (χ3v) is 4.07. The molecular formula is C18H21N3O. The minimum absolute atomic E-state index is 0.0410. The predicted octanol–water partition coefficient (Wildman–Crippen LogP) is 2.06. The van der Waals surface area contributed by atoms with Crippen LogP contribution in [0.3, 0.4) is 0 Å². The van der Waals surface area contributed by atoms with E-state index in [0.29, 0.717) is 5.92 Å². The summed E-state index contributed by atoms with van der Waals surface area (Å²) in [5, 5.41) is 19.3. The number of hydrogen-bond acceptors (Lipinski definition) is 3. The average molecular weight is 295 g/mol. The van der Waals surface area contributed by atoms with Crippen LogP contribution in [0, 0.1) is 17.8 Å². The number of aliphatic hydroxyl groups excluding tert-OH is 1. The number of nitrogens with zero attached hydrogens (tertiary/aromatic N) is 1. The van der Waals surface area contributed by atoms with Crippen molar-refractivity contribution in [1.82, 2.24) is 15.5 Å². The molecule has 22 heavy (non-hydrogen) atoms. The molecule has 2 aromatic rings. The van der Waals surface area contributed by atoms with Crippen LogP contribution >= 0.6 is 0 Å². The van der Waals surface area contributed by atoms with Crippen LogP contribution in [0.4, 0.5) is 0 Å². The van der Waals surface area contributed by atoms with Crippen LogP contribution in [-0.2, 0) is 6.54 Å². The monoisotopic (exact) mass is 295 g/mol. The first-order valence-electron chi connectivity index (χ1n) is 7.78. The van der Waals surface area contributed by atoms with Gasteiger partial charge in [-0.15, -0.1) is 0 Å². The molecule has 0 atom stereocenters. The lowest BCUT2D eigenvalue weighted by atomic mass is 9.80. The smallest absolute Gasteiger partial charge is 0.0644 e. The number of aromatic amines is 1. The maximum absolute atomic E-state index is 9.25. The second-order valence-corrected chi connectivity index (χ2v) is 5.89. The summed E-state index contributed by atoms with van der Waals surface area (Å²) in [6.07, 6.45) is 6.57. The largest absolute Gasteiger partial charge is 0.393 e. The maximum atomic E-state index is 9.25. The first kappa shape index (κ1) is 14.8. The molecule has 0 spiro atoms. The van der Waals surface area contributed by atoms with E-state index in [9.17, 15) is 5.11 Å². The van der Waals surface area contributed by atoms with E-state index in [4.69, 9.17) is 0 Å². The van der Waals surface area contributed by atoms with Gasteiger partial charge in [-0.1, -0.05) is 24.0 Å². The molecule has 4 heteroatoms. The van der Waals surface area contributed by atoms with Crippen molar-refractivity contribution in [1.29, 1.82) is 0 Å². The van der Waals surface area contributed by atoms with Crippen molar-refractivity contribution in [3.8, 4) is 11.8 Å². The van der Waals surface area contributed by atoms with Crippen LogP contribution in [0.5, 0.6) is 0 Å². The number of aliphatic hydroxyl groups is 1. The molecule has 0 aliphatic heterocycles. The van der Waals surface area contributed by atoms with E-state index in [1.165, 1.54) is 5.56 Å². The summed E-state index contributed by atoms with van der Waals surface area (Å²) < 4.78 is 0. The van der Waals surface area contributed by atoms with Gasteiger partial charge in [0.05, 0.1) is 17.9 Å². The van der Waals surface area contributed by atoms with Crippen LogP contribution in [-0.4, -0.2) is 28.0 Å². The second-order valence-electron chi connectivity index (χ2n) is 5.89. The molecule has 0 amide bonds. The minimum Gasteiger partial charge on any atom is -0.393 e. The van der Waals surface area contributed by atoms with Crippen molar-refractivity contribution >= 4 is 0 Å². The summed E-state index contributed by atoms with van der Waals surface area (Å²) in [5.74, 6) is 6.89. The predicted molar refractivity (Wildman–Crippen MR) is 86.1 cm³/mol. The first-order chi connectivity index (χ1) is 10.8. The van der Waals surface area contributed by atoms with Gasteiger partial charge in [0.2, 0.25) is 0 Å². The van der Waals surface area contributed by atoms with Gasteiger partial charge >= 0.3 is 0 Å². The summed E-state index contributed by atoms with van der Waals surface area (Å²) >= 11 is 0. The zero-order valence-electron chi connectivity index (χ0n) is 12.5. The summed E-state index contributed by atoms with van der Waals surface area (Å²) in [4.78, 5) is 0. The minimum atomic E-state index is -0.0410. The second kappa shape index (κ2) is 7.26. The number of benzene rings is 1. The van der Waals surface area contributed by atoms with Gasteiger partial charge in [0.1, 0.15) is 0 Å². The van der Waals surface area contributed by atoms with Crippen LogP contribution in [0.15, 0.2) is 36.7 Å². The Kier molecular flexibility index (Phi) is 4.89. The van der Waals surface area contributed by atoms with Gasteiger partial charge < -0.3 is 10.4 Å². The zero-order valence-corrected chi connectivity index (χ0v) is 12.5. The summed E-state index contributed by atoms with van der Waals surface area (Å²) in [5.41, 5.74) is 3.17. The highest BCUT2D eigenvalue weighted by atomic mass is 16.3. The fraction of sp³-hybridized carbons (Fsp3) is 0.389. The standard InChI is InChI=1S/C18H21N3O/c22-18-9-16(10-18)7-8-19-11-15-4-1-14(2-5-15)3-6-17-12-20-21-13-17/h1-2,4-5,12-13,16,18-19,22H,7-11H2,(H,20,21). The highest BCUT2D eigenvalue weighted by Crippen LogP contribution is 2.29. The Morgan fingerprint density at radius 2 is 1.95 bits per heavy atom. The highest BCUT2D eigenvalue weighted by molar-refractivity contribution is 5.41. The van der Waals surface area contributed by atoms with Gasteiger partial charge in [0.15, 0.2) is 0 Å². The van der Waals surface area contributed by atoms with Crippen LogP contribution in [0.2, 0.25) is 0 Å². The molecule has 114 valence electrons. The molecule has 1 aromatic carbocycles. The van der Waals surface area contributed by atoms with Gasteiger partial charge in [-0.05, 0) is 49.4 Å².